The van der Waals surface area contributed by atoms with Crippen LogP contribution in [0.15, 0.2) is 12.1 Å². The van der Waals surface area contributed by atoms with E-state index in [4.69, 9.17) is 21.1 Å². The number of benzene rings is 1. The highest BCUT2D eigenvalue weighted by Gasteiger charge is 2.26. The van der Waals surface area contributed by atoms with E-state index in [1.165, 1.54) is 20.3 Å². The second-order valence-corrected chi connectivity index (χ2v) is 6.25. The van der Waals surface area contributed by atoms with Gasteiger partial charge in [0.15, 0.2) is 0 Å². The number of ether oxygens (including phenoxy) is 2. The van der Waals surface area contributed by atoms with Crippen molar-refractivity contribution in [1.82, 2.24) is 5.32 Å². The van der Waals surface area contributed by atoms with Crippen molar-refractivity contribution in [3.05, 3.63) is 26.3 Å². The maximum atomic E-state index is 12.4. The molecule has 5 nitrogen and oxygen atoms in total. The Labute approximate surface area is 142 Å². The zero-order valence-electron chi connectivity index (χ0n) is 12.2. The highest BCUT2D eigenvalue weighted by atomic mass is 127. The lowest BCUT2D eigenvalue weighted by Crippen LogP contribution is -2.45. The molecule has 0 aliphatic carbocycles. The molecule has 7 heteroatoms. The van der Waals surface area contributed by atoms with Crippen molar-refractivity contribution in [3.63, 3.8) is 0 Å². The minimum absolute atomic E-state index is 0.105. The summed E-state index contributed by atoms with van der Waals surface area (Å²) >= 11 is 8.09. The lowest BCUT2D eigenvalue weighted by Gasteiger charge is -2.20. The number of methoxy groups -OCH3 is 2. The Bertz CT molecular complexity index is 548. The summed E-state index contributed by atoms with van der Waals surface area (Å²) in [6.45, 7) is 3.64. The predicted molar refractivity (Wildman–Crippen MR) is 88.8 cm³/mol. The van der Waals surface area contributed by atoms with Crippen LogP contribution in [0.2, 0.25) is 5.02 Å². The van der Waals surface area contributed by atoms with Crippen molar-refractivity contribution in [2.75, 3.05) is 14.2 Å². The lowest BCUT2D eigenvalue weighted by atomic mass is 10.0. The van der Waals surface area contributed by atoms with Crippen LogP contribution in [-0.2, 0) is 9.53 Å². The molecule has 0 saturated carbocycles. The third-order valence-electron chi connectivity index (χ3n) is 2.90. The zero-order valence-corrected chi connectivity index (χ0v) is 15.1. The molecule has 0 radical (unpaired) electrons. The minimum atomic E-state index is -0.731. The monoisotopic (exact) mass is 425 g/mol. The highest BCUT2D eigenvalue weighted by Crippen LogP contribution is 2.28. The largest absolute Gasteiger partial charge is 0.496 e. The molecule has 0 heterocycles. The van der Waals surface area contributed by atoms with Crippen LogP contribution in [0, 0.1) is 9.49 Å². The maximum absolute atomic E-state index is 12.4. The molecular weight excluding hydrogens is 409 g/mol. The fourth-order valence-electron chi connectivity index (χ4n) is 1.72. The van der Waals surface area contributed by atoms with E-state index in [2.05, 4.69) is 5.32 Å². The topological polar surface area (TPSA) is 64.6 Å². The summed E-state index contributed by atoms with van der Waals surface area (Å²) in [6, 6.07) is 2.46. The number of carbonyl (C=O) groups excluding carboxylic acids is 2. The van der Waals surface area contributed by atoms with E-state index in [0.717, 1.165) is 3.57 Å². The van der Waals surface area contributed by atoms with Gasteiger partial charge in [0.1, 0.15) is 11.8 Å². The first kappa shape index (κ1) is 18.0. The van der Waals surface area contributed by atoms with Gasteiger partial charge in [0, 0.05) is 3.57 Å². The van der Waals surface area contributed by atoms with E-state index in [1.54, 1.807) is 6.07 Å². The van der Waals surface area contributed by atoms with Gasteiger partial charge in [0.05, 0.1) is 24.8 Å². The molecule has 0 spiro atoms. The van der Waals surface area contributed by atoms with Gasteiger partial charge >= 0.3 is 5.97 Å². The number of carbonyl (C=O) groups is 2. The predicted octanol–water partition coefficient (Wildman–Crippen LogP) is 2.88. The Morgan fingerprint density at radius 3 is 2.38 bits per heavy atom. The Morgan fingerprint density at radius 2 is 1.90 bits per heavy atom. The van der Waals surface area contributed by atoms with E-state index in [9.17, 15) is 9.59 Å². The van der Waals surface area contributed by atoms with Crippen molar-refractivity contribution in [1.29, 1.82) is 0 Å². The summed E-state index contributed by atoms with van der Waals surface area (Å²) < 4.78 is 10.7. The first-order valence-electron chi connectivity index (χ1n) is 6.23. The van der Waals surface area contributed by atoms with E-state index < -0.39 is 17.9 Å². The Morgan fingerprint density at radius 1 is 1.29 bits per heavy atom. The van der Waals surface area contributed by atoms with Crippen LogP contribution in [0.25, 0.3) is 0 Å². The van der Waals surface area contributed by atoms with Crippen LogP contribution in [0.1, 0.15) is 24.2 Å². The standard InChI is InChI=1S/C14H17ClINO4/c1-7(2)12(14(19)21-4)17-13(18)8-5-9(15)10(16)6-11(8)20-3/h5-7,12H,1-4H3,(H,17,18). The summed E-state index contributed by atoms with van der Waals surface area (Å²) in [4.78, 5) is 24.1. The van der Waals surface area contributed by atoms with Gasteiger partial charge in [-0.05, 0) is 40.6 Å². The van der Waals surface area contributed by atoms with Crippen molar-refractivity contribution < 1.29 is 19.1 Å². The molecule has 1 rings (SSSR count). The van der Waals surface area contributed by atoms with Gasteiger partial charge in [-0.2, -0.15) is 0 Å². The van der Waals surface area contributed by atoms with Gasteiger partial charge in [-0.3, -0.25) is 4.79 Å². The zero-order chi connectivity index (χ0) is 16.2. The third-order valence-corrected chi connectivity index (χ3v) is 4.42. The van der Waals surface area contributed by atoms with Gasteiger partial charge in [0.2, 0.25) is 0 Å². The van der Waals surface area contributed by atoms with Crippen molar-refractivity contribution >= 4 is 46.1 Å². The summed E-state index contributed by atoms with van der Waals surface area (Å²) in [6.07, 6.45) is 0. The highest BCUT2D eigenvalue weighted by molar-refractivity contribution is 14.1. The fraction of sp³-hybridized carbons (Fsp3) is 0.429. The van der Waals surface area contributed by atoms with Crippen molar-refractivity contribution in [3.8, 4) is 5.75 Å². The first-order chi connectivity index (χ1) is 9.81. The molecule has 0 aliphatic rings. The molecule has 116 valence electrons. The summed E-state index contributed by atoms with van der Waals surface area (Å²) in [5.74, 6) is -0.636. The van der Waals surface area contributed by atoms with Gasteiger partial charge in [0.25, 0.3) is 5.91 Å². The molecule has 0 aromatic heterocycles. The van der Waals surface area contributed by atoms with Gasteiger partial charge < -0.3 is 14.8 Å². The molecule has 1 atom stereocenters. The molecule has 1 unspecified atom stereocenters. The van der Waals surface area contributed by atoms with Crippen LogP contribution < -0.4 is 10.1 Å². The van der Waals surface area contributed by atoms with E-state index in [-0.39, 0.29) is 11.5 Å². The Hall–Kier alpha value is -1.02. The minimum Gasteiger partial charge on any atom is -0.496 e. The number of nitrogens with one attached hydrogen (secondary N) is 1. The Kier molecular flexibility index (Phi) is 6.73. The number of halogens is 2. The first-order valence-corrected chi connectivity index (χ1v) is 7.69. The van der Waals surface area contributed by atoms with Crippen LogP contribution in [0.4, 0.5) is 0 Å². The summed E-state index contributed by atoms with van der Waals surface area (Å²) in [5, 5.41) is 3.10. The maximum Gasteiger partial charge on any atom is 0.328 e. The SMILES string of the molecule is COC(=O)C(NC(=O)c1cc(Cl)c(I)cc1OC)C(C)C. The second kappa shape index (κ2) is 7.84. The van der Waals surface area contributed by atoms with Crippen LogP contribution in [0.3, 0.4) is 0 Å². The molecule has 0 saturated heterocycles. The molecule has 0 bridgehead atoms. The molecule has 1 aromatic carbocycles. The molecule has 1 aromatic rings. The quantitative estimate of drug-likeness (QED) is 0.582. The molecule has 0 fully saturated rings. The summed E-state index contributed by atoms with van der Waals surface area (Å²) in [7, 11) is 2.75. The van der Waals surface area contributed by atoms with Gasteiger partial charge in [-0.25, -0.2) is 4.79 Å². The normalized spacial score (nSPS) is 12.0. The van der Waals surface area contributed by atoms with E-state index >= 15 is 0 Å². The Balaban J connectivity index is 3.08. The van der Waals surface area contributed by atoms with Gasteiger partial charge in [-0.15, -0.1) is 0 Å². The van der Waals surface area contributed by atoms with Gasteiger partial charge in [-0.1, -0.05) is 25.4 Å². The third kappa shape index (κ3) is 4.47. The number of rotatable bonds is 5. The smallest absolute Gasteiger partial charge is 0.328 e. The number of hydrogen-bond acceptors (Lipinski definition) is 4. The second-order valence-electron chi connectivity index (χ2n) is 4.68. The molecule has 21 heavy (non-hydrogen) atoms. The number of esters is 1. The van der Waals surface area contributed by atoms with Crippen LogP contribution in [0.5, 0.6) is 5.75 Å². The molecule has 0 aliphatic heterocycles. The molecule has 1 amide bonds. The molecular formula is C14H17ClINO4. The van der Waals surface area contributed by atoms with Crippen LogP contribution >= 0.6 is 34.2 Å². The fourth-order valence-corrected chi connectivity index (χ4v) is 2.32. The van der Waals surface area contributed by atoms with E-state index in [0.29, 0.717) is 10.8 Å². The molecule has 1 N–H and O–H groups in total. The van der Waals surface area contributed by atoms with Crippen LogP contribution in [-0.4, -0.2) is 32.1 Å². The average molecular weight is 426 g/mol. The number of amides is 1. The summed E-state index contributed by atoms with van der Waals surface area (Å²) in [5.41, 5.74) is 0.275. The average Bonchev–Trinajstić information content (AvgIpc) is 2.45. The van der Waals surface area contributed by atoms with Crippen molar-refractivity contribution in [2.45, 2.75) is 19.9 Å². The number of hydrogen-bond donors (Lipinski definition) is 1. The van der Waals surface area contributed by atoms with E-state index in [1.807, 2.05) is 36.4 Å². The lowest BCUT2D eigenvalue weighted by molar-refractivity contribution is -0.144. The van der Waals surface area contributed by atoms with Crippen molar-refractivity contribution in [2.24, 2.45) is 5.92 Å².